The van der Waals surface area contributed by atoms with Gasteiger partial charge in [0.2, 0.25) is 0 Å². The first kappa shape index (κ1) is 19.3. The van der Waals surface area contributed by atoms with Gasteiger partial charge in [-0.05, 0) is 26.2 Å². The van der Waals surface area contributed by atoms with E-state index >= 15 is 0 Å². The van der Waals surface area contributed by atoms with Gasteiger partial charge < -0.3 is 19.5 Å². The second kappa shape index (κ2) is 7.06. The Morgan fingerprint density at radius 1 is 1.32 bits per heavy atom. The second-order valence-electron chi connectivity index (χ2n) is 7.39. The Morgan fingerprint density at radius 3 is 2.60 bits per heavy atom. The number of methoxy groups -OCH3 is 2. The number of ether oxygens (including phenoxy) is 3. The Bertz CT molecular complexity index is 596. The van der Waals surface area contributed by atoms with Crippen molar-refractivity contribution < 1.29 is 28.6 Å². The van der Waals surface area contributed by atoms with Crippen molar-refractivity contribution in [3.8, 4) is 0 Å². The van der Waals surface area contributed by atoms with Crippen LogP contribution in [0, 0.1) is 11.3 Å². The molecule has 1 heterocycles. The molecule has 1 aliphatic carbocycles. The van der Waals surface area contributed by atoms with Crippen molar-refractivity contribution in [2.24, 2.45) is 11.3 Å². The monoisotopic (exact) mass is 353 g/mol. The highest BCUT2D eigenvalue weighted by Crippen LogP contribution is 2.58. The van der Waals surface area contributed by atoms with Gasteiger partial charge in [-0.1, -0.05) is 13.8 Å². The molecule has 2 rings (SSSR count). The molecule has 1 aliphatic heterocycles. The normalized spacial score (nSPS) is 29.7. The molecule has 3 atom stereocenters. The highest BCUT2D eigenvalue weighted by molar-refractivity contribution is 5.91. The molecule has 0 spiro atoms. The van der Waals surface area contributed by atoms with Crippen LogP contribution in [0.4, 0.5) is 0 Å². The average molecular weight is 353 g/mol. The van der Waals surface area contributed by atoms with Crippen LogP contribution in [0.3, 0.4) is 0 Å². The number of carbonyl (C=O) groups is 3. The number of carbonyl (C=O) groups excluding carboxylic acids is 3. The molecule has 25 heavy (non-hydrogen) atoms. The summed E-state index contributed by atoms with van der Waals surface area (Å²) < 4.78 is 15.0. The Morgan fingerprint density at radius 2 is 2.00 bits per heavy atom. The van der Waals surface area contributed by atoms with E-state index in [1.165, 1.54) is 14.2 Å². The first-order valence-electron chi connectivity index (χ1n) is 8.50. The van der Waals surface area contributed by atoms with Crippen LogP contribution in [0.15, 0.2) is 11.8 Å². The van der Waals surface area contributed by atoms with Crippen molar-refractivity contribution in [1.82, 2.24) is 5.32 Å². The van der Waals surface area contributed by atoms with Gasteiger partial charge in [0.15, 0.2) is 0 Å². The van der Waals surface area contributed by atoms with Crippen molar-refractivity contribution in [2.45, 2.75) is 58.1 Å². The van der Waals surface area contributed by atoms with E-state index in [4.69, 9.17) is 9.47 Å². The molecule has 0 radical (unpaired) electrons. The zero-order valence-corrected chi connectivity index (χ0v) is 15.5. The predicted octanol–water partition coefficient (Wildman–Crippen LogP) is 1.71. The van der Waals surface area contributed by atoms with Crippen LogP contribution in [0.2, 0.25) is 0 Å². The van der Waals surface area contributed by atoms with Crippen molar-refractivity contribution >= 4 is 17.9 Å². The molecule has 1 saturated carbocycles. The molecule has 7 nitrogen and oxygen atoms in total. The quantitative estimate of drug-likeness (QED) is 0.441. The molecule has 0 aromatic rings. The van der Waals surface area contributed by atoms with E-state index in [1.807, 2.05) is 6.92 Å². The van der Waals surface area contributed by atoms with Crippen LogP contribution in [-0.2, 0) is 28.6 Å². The first-order chi connectivity index (χ1) is 11.7. The lowest BCUT2D eigenvalue weighted by Gasteiger charge is -2.45. The topological polar surface area (TPSA) is 90.9 Å². The highest BCUT2D eigenvalue weighted by atomic mass is 16.6. The van der Waals surface area contributed by atoms with E-state index in [0.717, 1.165) is 12.8 Å². The fourth-order valence-electron chi connectivity index (χ4n) is 3.73. The molecule has 2 aliphatic rings. The van der Waals surface area contributed by atoms with Gasteiger partial charge in [0.05, 0.1) is 19.8 Å². The molecule has 0 amide bonds. The average Bonchev–Trinajstić information content (AvgIpc) is 2.70. The lowest BCUT2D eigenvalue weighted by atomic mass is 9.69. The minimum Gasteiger partial charge on any atom is -0.469 e. The summed E-state index contributed by atoms with van der Waals surface area (Å²) in [6, 6.07) is -0.734. The Labute approximate surface area is 148 Å². The third-order valence-electron chi connectivity index (χ3n) is 5.86. The van der Waals surface area contributed by atoms with E-state index < -0.39 is 23.6 Å². The molecule has 2 bridgehead atoms. The molecule has 140 valence electrons. The maximum Gasteiger partial charge on any atom is 0.336 e. The summed E-state index contributed by atoms with van der Waals surface area (Å²) in [6.45, 7) is 6.17. The van der Waals surface area contributed by atoms with Crippen LogP contribution in [0.5, 0.6) is 0 Å². The maximum atomic E-state index is 12.4. The van der Waals surface area contributed by atoms with Crippen LogP contribution in [0.1, 0.15) is 46.5 Å². The molecular formula is C18H27NO6. The van der Waals surface area contributed by atoms with Crippen molar-refractivity contribution in [2.75, 3.05) is 14.2 Å². The van der Waals surface area contributed by atoms with Crippen LogP contribution < -0.4 is 5.32 Å². The number of hydrogen-bond donors (Lipinski definition) is 1. The Hall–Kier alpha value is -2.05. The zero-order chi connectivity index (χ0) is 18.8. The van der Waals surface area contributed by atoms with E-state index in [9.17, 15) is 14.4 Å². The third-order valence-corrected chi connectivity index (χ3v) is 5.86. The summed E-state index contributed by atoms with van der Waals surface area (Å²) >= 11 is 0. The minimum atomic E-state index is -0.734. The van der Waals surface area contributed by atoms with Gasteiger partial charge in [0.1, 0.15) is 11.6 Å². The summed E-state index contributed by atoms with van der Waals surface area (Å²) in [7, 11) is 2.57. The third kappa shape index (κ3) is 3.50. The number of nitrogens with one attached hydrogen (secondary N) is 1. The lowest BCUT2D eigenvalue weighted by Crippen LogP contribution is -2.50. The fourth-order valence-corrected chi connectivity index (χ4v) is 3.73. The van der Waals surface area contributed by atoms with E-state index in [-0.39, 0.29) is 30.1 Å². The van der Waals surface area contributed by atoms with Gasteiger partial charge in [-0.3, -0.25) is 4.79 Å². The minimum absolute atomic E-state index is 0.0603. The Balaban J connectivity index is 2.15. The molecule has 1 saturated heterocycles. The summed E-state index contributed by atoms with van der Waals surface area (Å²) in [4.78, 5) is 35.6. The van der Waals surface area contributed by atoms with E-state index in [2.05, 4.69) is 23.9 Å². The smallest absolute Gasteiger partial charge is 0.336 e. The van der Waals surface area contributed by atoms with Gasteiger partial charge in [0.25, 0.3) is 0 Å². The van der Waals surface area contributed by atoms with Crippen LogP contribution >= 0.6 is 0 Å². The van der Waals surface area contributed by atoms with Gasteiger partial charge in [-0.15, -0.1) is 0 Å². The van der Waals surface area contributed by atoms with Crippen LogP contribution in [0.25, 0.3) is 0 Å². The Kier molecular flexibility index (Phi) is 5.44. The largest absolute Gasteiger partial charge is 0.469 e. The zero-order valence-electron chi connectivity index (χ0n) is 15.5. The summed E-state index contributed by atoms with van der Waals surface area (Å²) in [5.74, 6) is -1.20. The van der Waals surface area contributed by atoms with E-state index in [1.54, 1.807) is 6.20 Å². The molecular weight excluding hydrogens is 326 g/mol. The summed E-state index contributed by atoms with van der Waals surface area (Å²) in [5.41, 5.74) is -0.105. The van der Waals surface area contributed by atoms with Gasteiger partial charge in [-0.2, -0.15) is 0 Å². The number of fused-ring (bicyclic) bond motifs is 2. The number of rotatable bonds is 6. The number of hydrogen-bond acceptors (Lipinski definition) is 7. The molecule has 2 fully saturated rings. The lowest BCUT2D eigenvalue weighted by molar-refractivity contribution is -0.173. The van der Waals surface area contributed by atoms with Crippen LogP contribution in [-0.4, -0.2) is 43.8 Å². The summed E-state index contributed by atoms with van der Waals surface area (Å²) in [5, 5.41) is 2.94. The molecule has 7 heteroatoms. The number of esters is 3. The van der Waals surface area contributed by atoms with Crippen molar-refractivity contribution in [1.29, 1.82) is 0 Å². The van der Waals surface area contributed by atoms with Crippen molar-refractivity contribution in [3.05, 3.63) is 11.8 Å². The SMILES string of the molecule is COC(=O)CC[C@H](N/C=C1\C(=O)O[C@]2(C)CC[C@H]1C2(C)C)C(=O)OC. The summed E-state index contributed by atoms with van der Waals surface area (Å²) in [6.07, 6.45) is 3.51. The molecule has 0 aromatic heterocycles. The first-order valence-corrected chi connectivity index (χ1v) is 8.50. The molecule has 0 aromatic carbocycles. The predicted molar refractivity (Wildman–Crippen MR) is 89.3 cm³/mol. The molecule has 0 unspecified atom stereocenters. The van der Waals surface area contributed by atoms with Gasteiger partial charge >= 0.3 is 17.9 Å². The standard InChI is InChI=1S/C18H27NO6/c1-17(2)12-8-9-18(17,3)25-15(21)11(12)10-19-13(16(22)24-5)6-7-14(20)23-4/h10,12-13,19H,6-9H2,1-5H3/b11-10-/t12-,13+,18-/m1/s1. The fraction of sp³-hybridized carbons (Fsp3) is 0.722. The highest BCUT2D eigenvalue weighted by Gasteiger charge is 2.60. The maximum absolute atomic E-state index is 12.4. The second-order valence-corrected chi connectivity index (χ2v) is 7.39. The van der Waals surface area contributed by atoms with Gasteiger partial charge in [0, 0.05) is 24.0 Å². The molecule has 1 N–H and O–H groups in total. The van der Waals surface area contributed by atoms with E-state index in [0.29, 0.717) is 5.57 Å². The van der Waals surface area contributed by atoms with Gasteiger partial charge in [-0.25, -0.2) is 9.59 Å². The van der Waals surface area contributed by atoms with Crippen molar-refractivity contribution in [3.63, 3.8) is 0 Å².